The van der Waals surface area contributed by atoms with Crippen LogP contribution in [0.15, 0.2) is 70.8 Å². The highest BCUT2D eigenvalue weighted by Gasteiger charge is 2.56. The molecule has 4 nitrogen and oxygen atoms in total. The molecular weight excluding hydrogens is 318 g/mol. The Morgan fingerprint density at radius 3 is 2.38 bits per heavy atom. The molecule has 1 atom stereocenters. The second-order valence-corrected chi connectivity index (χ2v) is 6.61. The summed E-state index contributed by atoms with van der Waals surface area (Å²) in [5.41, 5.74) is 1.84. The summed E-state index contributed by atoms with van der Waals surface area (Å²) in [6, 6.07) is 19.6. The summed E-state index contributed by atoms with van der Waals surface area (Å²) in [6.45, 7) is 0.663. The van der Waals surface area contributed by atoms with Gasteiger partial charge in [-0.05, 0) is 30.4 Å². The third-order valence-electron chi connectivity index (χ3n) is 4.51. The van der Waals surface area contributed by atoms with E-state index in [1.54, 1.807) is 16.8 Å². The van der Waals surface area contributed by atoms with Crippen molar-refractivity contribution in [3.8, 4) is 0 Å². The molecule has 1 unspecified atom stereocenters. The van der Waals surface area contributed by atoms with Gasteiger partial charge in [0.2, 0.25) is 0 Å². The highest BCUT2D eigenvalue weighted by atomic mass is 32.2. The molecule has 4 rings (SSSR count). The molecule has 2 heterocycles. The van der Waals surface area contributed by atoms with Crippen LogP contribution in [0.5, 0.6) is 0 Å². The van der Waals surface area contributed by atoms with Gasteiger partial charge in [-0.1, -0.05) is 48.5 Å². The van der Waals surface area contributed by atoms with E-state index in [0.717, 1.165) is 22.0 Å². The lowest BCUT2D eigenvalue weighted by atomic mass is 9.79. The van der Waals surface area contributed by atoms with E-state index in [2.05, 4.69) is 4.99 Å². The molecule has 1 spiro atoms. The molecule has 24 heavy (non-hydrogen) atoms. The number of anilines is 1. The standard InChI is InChI=1S/C19H17N3OS/c1-24-17-19(12-13-20-17)16(14-8-4-2-5-9-14)21-22(18(19)23)15-10-6-3-7-11-15/h2-11H,12-13H2,1H3. The third-order valence-corrected chi connectivity index (χ3v) is 5.37. The van der Waals surface area contributed by atoms with Gasteiger partial charge in [-0.2, -0.15) is 10.1 Å². The van der Waals surface area contributed by atoms with Crippen LogP contribution in [0.25, 0.3) is 0 Å². The Labute approximate surface area is 145 Å². The van der Waals surface area contributed by atoms with E-state index < -0.39 is 5.41 Å². The molecule has 0 saturated carbocycles. The fourth-order valence-electron chi connectivity index (χ4n) is 3.38. The summed E-state index contributed by atoms with van der Waals surface area (Å²) in [4.78, 5) is 18.0. The predicted octanol–water partition coefficient (Wildman–Crippen LogP) is 3.59. The van der Waals surface area contributed by atoms with Gasteiger partial charge in [-0.25, -0.2) is 0 Å². The van der Waals surface area contributed by atoms with Crippen LogP contribution in [-0.2, 0) is 4.79 Å². The molecule has 5 heteroatoms. The van der Waals surface area contributed by atoms with Crippen molar-refractivity contribution in [2.45, 2.75) is 6.42 Å². The van der Waals surface area contributed by atoms with Crippen molar-refractivity contribution in [3.05, 3.63) is 66.2 Å². The fraction of sp³-hybridized carbons (Fsp3) is 0.211. The molecule has 0 N–H and O–H groups in total. The van der Waals surface area contributed by atoms with E-state index in [9.17, 15) is 4.79 Å². The first kappa shape index (κ1) is 15.1. The van der Waals surface area contributed by atoms with Crippen LogP contribution < -0.4 is 5.01 Å². The molecule has 0 fully saturated rings. The summed E-state index contributed by atoms with van der Waals surface area (Å²) in [7, 11) is 0. The van der Waals surface area contributed by atoms with E-state index in [0.29, 0.717) is 13.0 Å². The zero-order valence-electron chi connectivity index (χ0n) is 13.3. The van der Waals surface area contributed by atoms with E-state index in [1.807, 2.05) is 66.9 Å². The number of thioether (sulfide) groups is 1. The number of hydrazone groups is 1. The number of carbonyl (C=O) groups excluding carboxylic acids is 1. The van der Waals surface area contributed by atoms with Crippen LogP contribution in [0.2, 0.25) is 0 Å². The van der Waals surface area contributed by atoms with Crippen LogP contribution in [0.1, 0.15) is 12.0 Å². The quantitative estimate of drug-likeness (QED) is 0.842. The van der Waals surface area contributed by atoms with E-state index in [4.69, 9.17) is 5.10 Å². The zero-order chi connectivity index (χ0) is 16.6. The second kappa shape index (κ2) is 5.91. The smallest absolute Gasteiger partial charge is 0.266 e. The minimum atomic E-state index is -0.739. The van der Waals surface area contributed by atoms with Crippen LogP contribution >= 0.6 is 11.8 Å². The summed E-state index contributed by atoms with van der Waals surface area (Å²) in [5, 5.41) is 7.16. The van der Waals surface area contributed by atoms with Gasteiger partial charge < -0.3 is 0 Å². The molecule has 0 aliphatic carbocycles. The van der Waals surface area contributed by atoms with Gasteiger partial charge in [-0.3, -0.25) is 9.79 Å². The molecule has 2 aromatic carbocycles. The van der Waals surface area contributed by atoms with Gasteiger partial charge >= 0.3 is 0 Å². The fourth-order valence-corrected chi connectivity index (χ4v) is 4.24. The summed E-state index contributed by atoms with van der Waals surface area (Å²) in [6.07, 6.45) is 2.66. The van der Waals surface area contributed by atoms with Gasteiger partial charge in [-0.15, -0.1) is 11.8 Å². The number of rotatable bonds is 2. The average molecular weight is 335 g/mol. The lowest BCUT2D eigenvalue weighted by Gasteiger charge is -2.25. The number of amides is 1. The minimum absolute atomic E-state index is 0.00171. The Bertz CT molecular complexity index is 832. The summed E-state index contributed by atoms with van der Waals surface area (Å²) in [5.74, 6) is -0.00171. The number of carbonyl (C=O) groups is 1. The van der Waals surface area contributed by atoms with Crippen LogP contribution in [0.4, 0.5) is 5.69 Å². The van der Waals surface area contributed by atoms with Gasteiger partial charge in [0.25, 0.3) is 5.91 Å². The zero-order valence-corrected chi connectivity index (χ0v) is 14.2. The van der Waals surface area contributed by atoms with E-state index >= 15 is 0 Å². The van der Waals surface area contributed by atoms with Gasteiger partial charge in [0.15, 0.2) is 0 Å². The maximum Gasteiger partial charge on any atom is 0.266 e. The van der Waals surface area contributed by atoms with Gasteiger partial charge in [0, 0.05) is 6.54 Å². The van der Waals surface area contributed by atoms with Gasteiger partial charge in [0.05, 0.1) is 16.4 Å². The molecular formula is C19H17N3OS. The molecule has 0 bridgehead atoms. The molecule has 0 saturated heterocycles. The van der Waals surface area contributed by atoms with Crippen LogP contribution in [0, 0.1) is 5.41 Å². The topological polar surface area (TPSA) is 45.0 Å². The van der Waals surface area contributed by atoms with Crippen molar-refractivity contribution in [2.75, 3.05) is 17.8 Å². The Hall–Kier alpha value is -2.40. The first-order valence-electron chi connectivity index (χ1n) is 7.90. The average Bonchev–Trinajstić information content (AvgIpc) is 3.20. The lowest BCUT2D eigenvalue weighted by Crippen LogP contribution is -2.43. The Kier molecular flexibility index (Phi) is 3.73. The summed E-state index contributed by atoms with van der Waals surface area (Å²) >= 11 is 1.55. The maximum absolute atomic E-state index is 13.4. The number of benzene rings is 2. The van der Waals surface area contributed by atoms with Gasteiger partial charge in [0.1, 0.15) is 5.41 Å². The SMILES string of the molecule is CSC1=NCCC12C(=O)N(c1ccccc1)N=C2c1ccccc1. The maximum atomic E-state index is 13.4. The molecule has 1 amide bonds. The highest BCUT2D eigenvalue weighted by molar-refractivity contribution is 8.13. The molecule has 2 aromatic rings. The molecule has 0 radical (unpaired) electrons. The largest absolute Gasteiger partial charge is 0.281 e. The van der Waals surface area contributed by atoms with Crippen molar-refractivity contribution < 1.29 is 4.79 Å². The minimum Gasteiger partial charge on any atom is -0.281 e. The second-order valence-electron chi connectivity index (χ2n) is 5.81. The van der Waals surface area contributed by atoms with Crippen LogP contribution in [0.3, 0.4) is 0 Å². The van der Waals surface area contributed by atoms with Crippen molar-refractivity contribution in [2.24, 2.45) is 15.5 Å². The van der Waals surface area contributed by atoms with Crippen molar-refractivity contribution in [1.29, 1.82) is 0 Å². The normalized spacial score (nSPS) is 22.9. The first-order chi connectivity index (χ1) is 11.8. The Balaban J connectivity index is 1.89. The number of nitrogens with zero attached hydrogens (tertiary/aromatic N) is 3. The number of hydrogen-bond acceptors (Lipinski definition) is 4. The third kappa shape index (κ3) is 2.12. The first-order valence-corrected chi connectivity index (χ1v) is 9.13. The van der Waals surface area contributed by atoms with Crippen molar-refractivity contribution in [3.63, 3.8) is 0 Å². The summed E-state index contributed by atoms with van der Waals surface area (Å²) < 4.78 is 0. The van der Waals surface area contributed by atoms with Crippen LogP contribution in [-0.4, -0.2) is 29.5 Å². The van der Waals surface area contributed by atoms with Crippen molar-refractivity contribution in [1.82, 2.24) is 0 Å². The Morgan fingerprint density at radius 2 is 1.71 bits per heavy atom. The van der Waals surface area contributed by atoms with Crippen molar-refractivity contribution >= 4 is 34.1 Å². The molecule has 2 aliphatic rings. The number of aliphatic imine (C=N–C) groups is 1. The molecule has 2 aliphatic heterocycles. The Morgan fingerprint density at radius 1 is 1.04 bits per heavy atom. The molecule has 120 valence electrons. The number of hydrogen-bond donors (Lipinski definition) is 0. The van der Waals surface area contributed by atoms with E-state index in [-0.39, 0.29) is 5.91 Å². The van der Waals surface area contributed by atoms with E-state index in [1.165, 1.54) is 0 Å². The monoisotopic (exact) mass is 335 g/mol. The number of para-hydroxylation sites is 1. The predicted molar refractivity (Wildman–Crippen MR) is 99.8 cm³/mol. The lowest BCUT2D eigenvalue weighted by molar-refractivity contribution is -0.121. The highest BCUT2D eigenvalue weighted by Crippen LogP contribution is 2.44. The molecule has 0 aromatic heterocycles.